The monoisotopic (exact) mass is 278 g/mol. The molecule has 0 aliphatic heterocycles. The SMILES string of the molecule is Cc1nc(N)nc(C)c1C=O.Nc1nc(O)cc(=O)[nH]1. The molecule has 0 bridgehead atoms. The Bertz CT molecular complexity index is 636. The van der Waals surface area contributed by atoms with Gasteiger partial charge in [-0.15, -0.1) is 0 Å². The average molecular weight is 278 g/mol. The molecule has 20 heavy (non-hydrogen) atoms. The summed E-state index contributed by atoms with van der Waals surface area (Å²) in [7, 11) is 0. The number of nitrogens with two attached hydrogens (primary N) is 2. The van der Waals surface area contributed by atoms with Gasteiger partial charge in [-0.1, -0.05) is 0 Å². The molecule has 0 saturated carbocycles. The normalized spacial score (nSPS) is 9.50. The van der Waals surface area contributed by atoms with Crippen LogP contribution in [-0.4, -0.2) is 31.3 Å². The van der Waals surface area contributed by atoms with Crippen molar-refractivity contribution in [3.8, 4) is 5.88 Å². The summed E-state index contributed by atoms with van der Waals surface area (Å²) in [5.41, 5.74) is 11.7. The van der Waals surface area contributed by atoms with Crippen LogP contribution in [0.5, 0.6) is 5.88 Å². The van der Waals surface area contributed by atoms with Crippen LogP contribution in [0.4, 0.5) is 11.9 Å². The highest BCUT2D eigenvalue weighted by Crippen LogP contribution is 2.07. The van der Waals surface area contributed by atoms with E-state index in [2.05, 4.69) is 19.9 Å². The molecule has 0 radical (unpaired) electrons. The Morgan fingerprint density at radius 2 is 1.75 bits per heavy atom. The molecule has 9 heteroatoms. The van der Waals surface area contributed by atoms with Crippen molar-refractivity contribution in [3.05, 3.63) is 33.4 Å². The Morgan fingerprint density at radius 3 is 2.15 bits per heavy atom. The maximum absolute atomic E-state index is 10.4. The van der Waals surface area contributed by atoms with Crippen molar-refractivity contribution in [2.75, 3.05) is 11.5 Å². The second kappa shape index (κ2) is 6.27. The second-order valence-electron chi connectivity index (χ2n) is 3.77. The van der Waals surface area contributed by atoms with Crippen molar-refractivity contribution >= 4 is 18.2 Å². The van der Waals surface area contributed by atoms with E-state index in [4.69, 9.17) is 16.6 Å². The lowest BCUT2D eigenvalue weighted by Gasteiger charge is -2.01. The van der Waals surface area contributed by atoms with Crippen molar-refractivity contribution in [2.45, 2.75) is 13.8 Å². The third kappa shape index (κ3) is 4.05. The number of carbonyl (C=O) groups excluding carboxylic acids is 1. The van der Waals surface area contributed by atoms with E-state index in [1.807, 2.05) is 0 Å². The Labute approximate surface area is 113 Å². The van der Waals surface area contributed by atoms with Gasteiger partial charge in [0.25, 0.3) is 5.56 Å². The largest absolute Gasteiger partial charge is 0.493 e. The molecule has 0 aromatic carbocycles. The summed E-state index contributed by atoms with van der Waals surface area (Å²) in [6.45, 7) is 3.46. The molecule has 2 heterocycles. The summed E-state index contributed by atoms with van der Waals surface area (Å²) in [6, 6.07) is 0.941. The molecule has 9 nitrogen and oxygen atoms in total. The molecule has 0 atom stereocenters. The molecule has 2 aromatic heterocycles. The van der Waals surface area contributed by atoms with Gasteiger partial charge in [0.2, 0.25) is 17.8 Å². The standard InChI is InChI=1S/C7H9N3O.C4H5N3O2/c1-4-6(3-11)5(2)10-7(8)9-4;5-4-6-2(8)1-3(9)7-4/h3H,1-2H3,(H2,8,9,10);1H,(H4,5,6,7,8,9). The van der Waals surface area contributed by atoms with Gasteiger partial charge in [0, 0.05) is 0 Å². The highest BCUT2D eigenvalue weighted by atomic mass is 16.3. The summed E-state index contributed by atoms with van der Waals surface area (Å²) in [5, 5.41) is 8.58. The van der Waals surface area contributed by atoms with Crippen molar-refractivity contribution in [3.63, 3.8) is 0 Å². The first-order valence-corrected chi connectivity index (χ1v) is 5.45. The molecule has 0 aliphatic rings. The summed E-state index contributed by atoms with van der Waals surface area (Å²) < 4.78 is 0. The molecular formula is C11H14N6O3. The Balaban J connectivity index is 0.000000204. The fourth-order valence-electron chi connectivity index (χ4n) is 1.38. The summed E-state index contributed by atoms with van der Waals surface area (Å²) in [4.78, 5) is 34.0. The van der Waals surface area contributed by atoms with Gasteiger partial charge >= 0.3 is 0 Å². The minimum absolute atomic E-state index is 0.0833. The van der Waals surface area contributed by atoms with E-state index in [9.17, 15) is 9.59 Å². The van der Waals surface area contributed by atoms with Crippen LogP contribution in [0.1, 0.15) is 21.7 Å². The lowest BCUT2D eigenvalue weighted by molar-refractivity contribution is 0.112. The Hall–Kier alpha value is -2.97. The molecule has 2 aromatic rings. The van der Waals surface area contributed by atoms with Gasteiger partial charge < -0.3 is 16.6 Å². The van der Waals surface area contributed by atoms with Crippen LogP contribution >= 0.6 is 0 Å². The number of nitrogens with one attached hydrogen (secondary N) is 1. The smallest absolute Gasteiger partial charge is 0.256 e. The lowest BCUT2D eigenvalue weighted by atomic mass is 10.2. The zero-order valence-electron chi connectivity index (χ0n) is 10.9. The van der Waals surface area contributed by atoms with E-state index in [-0.39, 0.29) is 17.8 Å². The summed E-state index contributed by atoms with van der Waals surface area (Å²) in [6.07, 6.45) is 0.740. The van der Waals surface area contributed by atoms with Crippen molar-refractivity contribution in [1.29, 1.82) is 0 Å². The minimum atomic E-state index is -0.458. The zero-order chi connectivity index (χ0) is 15.3. The Morgan fingerprint density at radius 1 is 1.20 bits per heavy atom. The first-order valence-electron chi connectivity index (χ1n) is 5.45. The van der Waals surface area contributed by atoms with Crippen LogP contribution < -0.4 is 17.0 Å². The molecule has 2 rings (SSSR count). The molecule has 0 saturated heterocycles. The first-order chi connectivity index (χ1) is 9.33. The van der Waals surface area contributed by atoms with Gasteiger partial charge in [-0.05, 0) is 13.8 Å². The van der Waals surface area contributed by atoms with Gasteiger partial charge in [-0.3, -0.25) is 14.6 Å². The van der Waals surface area contributed by atoms with E-state index >= 15 is 0 Å². The summed E-state index contributed by atoms with van der Waals surface area (Å²) in [5.74, 6) is -0.234. The Kier molecular flexibility index (Phi) is 4.73. The van der Waals surface area contributed by atoms with Gasteiger partial charge in [-0.25, -0.2) is 9.97 Å². The van der Waals surface area contributed by atoms with Crippen LogP contribution in [0.3, 0.4) is 0 Å². The number of aldehydes is 1. The van der Waals surface area contributed by atoms with Gasteiger partial charge in [0.05, 0.1) is 23.0 Å². The number of aryl methyl sites for hydroxylation is 2. The first kappa shape index (κ1) is 15.1. The predicted molar refractivity (Wildman–Crippen MR) is 72.2 cm³/mol. The van der Waals surface area contributed by atoms with Crippen LogP contribution in [-0.2, 0) is 0 Å². The highest BCUT2D eigenvalue weighted by molar-refractivity contribution is 5.78. The number of rotatable bonds is 1. The molecule has 0 aliphatic carbocycles. The number of aromatic hydroxyl groups is 1. The lowest BCUT2D eigenvalue weighted by Crippen LogP contribution is -2.08. The number of carbonyl (C=O) groups is 1. The molecular weight excluding hydrogens is 264 g/mol. The molecule has 0 spiro atoms. The molecule has 0 amide bonds. The number of nitrogens with zero attached hydrogens (tertiary/aromatic N) is 3. The minimum Gasteiger partial charge on any atom is -0.493 e. The number of anilines is 2. The van der Waals surface area contributed by atoms with E-state index in [0.29, 0.717) is 17.0 Å². The van der Waals surface area contributed by atoms with Crippen molar-refractivity contribution in [2.24, 2.45) is 0 Å². The van der Waals surface area contributed by atoms with Gasteiger partial charge in [0.1, 0.15) is 0 Å². The topological polar surface area (TPSA) is 161 Å². The fraction of sp³-hybridized carbons (Fsp3) is 0.182. The molecule has 0 unspecified atom stereocenters. The maximum atomic E-state index is 10.4. The third-order valence-corrected chi connectivity index (χ3v) is 2.21. The predicted octanol–water partition coefficient (Wildman–Crippen LogP) is -0.454. The van der Waals surface area contributed by atoms with E-state index < -0.39 is 5.56 Å². The van der Waals surface area contributed by atoms with Crippen LogP contribution in [0.15, 0.2) is 10.9 Å². The molecule has 0 fully saturated rings. The fourth-order valence-corrected chi connectivity index (χ4v) is 1.38. The third-order valence-electron chi connectivity index (χ3n) is 2.21. The number of H-pyrrole nitrogens is 1. The number of aromatic amines is 1. The second-order valence-corrected chi connectivity index (χ2v) is 3.77. The zero-order valence-corrected chi connectivity index (χ0v) is 10.9. The highest BCUT2D eigenvalue weighted by Gasteiger charge is 2.04. The van der Waals surface area contributed by atoms with Gasteiger partial charge in [-0.2, -0.15) is 4.98 Å². The molecule has 106 valence electrons. The van der Waals surface area contributed by atoms with Crippen LogP contribution in [0.2, 0.25) is 0 Å². The van der Waals surface area contributed by atoms with Crippen LogP contribution in [0, 0.1) is 13.8 Å². The number of hydrogen-bond donors (Lipinski definition) is 4. The van der Waals surface area contributed by atoms with E-state index in [0.717, 1.165) is 12.4 Å². The average Bonchev–Trinajstić information content (AvgIpc) is 2.26. The maximum Gasteiger partial charge on any atom is 0.256 e. The van der Waals surface area contributed by atoms with Crippen LogP contribution in [0.25, 0.3) is 0 Å². The van der Waals surface area contributed by atoms with Gasteiger partial charge in [0.15, 0.2) is 6.29 Å². The van der Waals surface area contributed by atoms with Crippen molar-refractivity contribution in [1.82, 2.24) is 19.9 Å². The van der Waals surface area contributed by atoms with E-state index in [1.165, 1.54) is 0 Å². The summed E-state index contributed by atoms with van der Waals surface area (Å²) >= 11 is 0. The number of aromatic nitrogens is 4. The number of nitrogen functional groups attached to an aromatic ring is 2. The van der Waals surface area contributed by atoms with E-state index in [1.54, 1.807) is 13.8 Å². The van der Waals surface area contributed by atoms with Crippen molar-refractivity contribution < 1.29 is 9.90 Å². The molecule has 6 N–H and O–H groups in total. The number of hydrogen-bond acceptors (Lipinski definition) is 8. The quantitative estimate of drug-likeness (QED) is 0.510.